The van der Waals surface area contributed by atoms with E-state index in [1.807, 2.05) is 0 Å². The molecular formula is C75H110O6. The largest absolute Gasteiger partial charge is 0.462 e. The van der Waals surface area contributed by atoms with Gasteiger partial charge in [0.05, 0.1) is 0 Å². The molecule has 0 heterocycles. The van der Waals surface area contributed by atoms with Crippen molar-refractivity contribution in [2.24, 2.45) is 0 Å². The van der Waals surface area contributed by atoms with E-state index in [4.69, 9.17) is 14.2 Å². The molecule has 0 aromatic rings. The van der Waals surface area contributed by atoms with Gasteiger partial charge in [-0.05, 0) is 167 Å². The van der Waals surface area contributed by atoms with Gasteiger partial charge in [0.15, 0.2) is 6.10 Å². The predicted molar refractivity (Wildman–Crippen MR) is 352 cm³/mol. The normalized spacial score (nSPS) is 13.7. The molecule has 1 atom stereocenters. The van der Waals surface area contributed by atoms with Gasteiger partial charge < -0.3 is 14.2 Å². The Morgan fingerprint density at radius 3 is 0.741 bits per heavy atom. The van der Waals surface area contributed by atoms with E-state index in [9.17, 15) is 14.4 Å². The zero-order valence-corrected chi connectivity index (χ0v) is 50.9. The van der Waals surface area contributed by atoms with Gasteiger partial charge in [0.25, 0.3) is 0 Å². The summed E-state index contributed by atoms with van der Waals surface area (Å²) >= 11 is 0. The first kappa shape index (κ1) is 74.7. The molecule has 0 saturated heterocycles. The maximum atomic E-state index is 12.9. The van der Waals surface area contributed by atoms with Crippen LogP contribution in [-0.2, 0) is 28.6 Å². The van der Waals surface area contributed by atoms with E-state index in [0.29, 0.717) is 12.8 Å². The number of unbranched alkanes of at least 4 members (excludes halogenated alkanes) is 6. The minimum absolute atomic E-state index is 0.145. The fourth-order valence-corrected chi connectivity index (χ4v) is 7.40. The summed E-state index contributed by atoms with van der Waals surface area (Å²) < 4.78 is 16.8. The van der Waals surface area contributed by atoms with Crippen LogP contribution in [0.3, 0.4) is 0 Å². The molecule has 81 heavy (non-hydrogen) atoms. The molecule has 0 bridgehead atoms. The molecule has 0 aliphatic heterocycles. The minimum atomic E-state index is -0.856. The number of esters is 3. The van der Waals surface area contributed by atoms with Gasteiger partial charge in [-0.2, -0.15) is 0 Å². The Bertz CT molecular complexity index is 2050. The highest BCUT2D eigenvalue weighted by molar-refractivity contribution is 5.71. The summed E-state index contributed by atoms with van der Waals surface area (Å²) in [5.74, 6) is -1.09. The van der Waals surface area contributed by atoms with Crippen molar-refractivity contribution >= 4 is 17.9 Å². The van der Waals surface area contributed by atoms with Crippen molar-refractivity contribution in [2.45, 2.75) is 219 Å². The summed E-state index contributed by atoms with van der Waals surface area (Å²) in [5.41, 5.74) is 0. The monoisotopic (exact) mass is 1110 g/mol. The summed E-state index contributed by atoms with van der Waals surface area (Å²) in [6.07, 6.45) is 104. The minimum Gasteiger partial charge on any atom is -0.462 e. The van der Waals surface area contributed by atoms with Crippen LogP contribution < -0.4 is 0 Å². The quantitative estimate of drug-likeness (QED) is 0.0261. The Morgan fingerprint density at radius 1 is 0.247 bits per heavy atom. The van der Waals surface area contributed by atoms with Crippen molar-refractivity contribution in [3.8, 4) is 0 Å². The maximum absolute atomic E-state index is 12.9. The average Bonchev–Trinajstić information content (AvgIpc) is 3.47. The molecule has 0 radical (unpaired) electrons. The van der Waals surface area contributed by atoms with Gasteiger partial charge in [0, 0.05) is 19.3 Å². The lowest BCUT2D eigenvalue weighted by Gasteiger charge is -2.18. The molecule has 1 unspecified atom stereocenters. The van der Waals surface area contributed by atoms with Crippen molar-refractivity contribution in [1.29, 1.82) is 0 Å². The molecule has 0 fully saturated rings. The van der Waals surface area contributed by atoms with Crippen LogP contribution in [0, 0.1) is 0 Å². The van der Waals surface area contributed by atoms with Crippen molar-refractivity contribution in [3.63, 3.8) is 0 Å². The van der Waals surface area contributed by atoms with Gasteiger partial charge in [-0.1, -0.05) is 246 Å². The molecule has 0 N–H and O–H groups in total. The maximum Gasteiger partial charge on any atom is 0.306 e. The zero-order chi connectivity index (χ0) is 58.5. The smallest absolute Gasteiger partial charge is 0.306 e. The fourth-order valence-electron chi connectivity index (χ4n) is 7.40. The van der Waals surface area contributed by atoms with E-state index in [1.165, 1.54) is 0 Å². The van der Waals surface area contributed by atoms with Gasteiger partial charge in [0.2, 0.25) is 0 Å². The van der Waals surface area contributed by atoms with Gasteiger partial charge >= 0.3 is 17.9 Å². The SMILES string of the molecule is CC/C=C\C/C=C\C/C=C\C/C=C\C/C=C\C/C=C\C/C=C\CCCC(=O)OCC(COC(=O)CCCCC/C=C\C/C=C\C/C=C\C/C=C\C/C=C\CC)OC(=O)CCCC/C=C\C/C=C\C/C=C\C/C=C\C/C=C\C/C=C\CC. The van der Waals surface area contributed by atoms with E-state index in [0.717, 1.165) is 161 Å². The first-order chi connectivity index (χ1) is 40.0. The average molecular weight is 1110 g/mol. The molecule has 6 nitrogen and oxygen atoms in total. The molecule has 0 aromatic carbocycles. The molecule has 0 amide bonds. The Kier molecular flexibility index (Phi) is 61.1. The summed E-state index contributed by atoms with van der Waals surface area (Å²) in [4.78, 5) is 38.3. The first-order valence-electron chi connectivity index (χ1n) is 31.2. The second-order valence-electron chi connectivity index (χ2n) is 19.5. The lowest BCUT2D eigenvalue weighted by Crippen LogP contribution is -2.30. The second kappa shape index (κ2) is 66.2. The lowest BCUT2D eigenvalue weighted by atomic mass is 10.1. The van der Waals surface area contributed by atoms with E-state index in [2.05, 4.69) is 240 Å². The number of rotatable bonds is 53. The molecule has 0 rings (SSSR count). The second-order valence-corrected chi connectivity index (χ2v) is 19.5. The summed E-state index contributed by atoms with van der Waals surface area (Å²) in [7, 11) is 0. The topological polar surface area (TPSA) is 78.9 Å². The van der Waals surface area contributed by atoms with E-state index in [-0.39, 0.29) is 50.4 Å². The number of carbonyl (C=O) groups is 3. The lowest BCUT2D eigenvalue weighted by molar-refractivity contribution is -0.167. The van der Waals surface area contributed by atoms with Crippen molar-refractivity contribution in [1.82, 2.24) is 0 Å². The van der Waals surface area contributed by atoms with E-state index < -0.39 is 6.10 Å². The number of ether oxygens (including phenoxy) is 3. The van der Waals surface area contributed by atoms with Crippen LogP contribution in [0.1, 0.15) is 213 Å². The molecule has 0 aliphatic carbocycles. The van der Waals surface area contributed by atoms with Crippen LogP contribution in [-0.4, -0.2) is 37.2 Å². The Balaban J connectivity index is 4.69. The Hall–Kier alpha value is -6.27. The van der Waals surface area contributed by atoms with Crippen molar-refractivity contribution in [3.05, 3.63) is 219 Å². The number of hydrogen-bond donors (Lipinski definition) is 0. The standard InChI is InChI=1S/C75H110O6/c1-4-7-10-13-16-19-22-25-28-31-34-36-37-39-41-44-47-50-53-56-59-62-65-68-74(77)80-71-72(70-79-73(76)67-64-61-58-55-52-49-46-43-40-33-30-27-24-21-18-15-12-9-6-3)81-75(78)69-66-63-60-57-54-51-48-45-42-38-35-32-29-26-23-20-17-14-11-8-5-2/h7-12,16-21,25-30,34-36,38-41,43,45,47-50,52,54,56-57,59,72H,4-6,13-15,22-24,31-33,37,42,44,46,51,53,55,58,60-71H2,1-3H3/b10-7-,11-8-,12-9-,19-16-,20-17-,21-18-,28-25-,29-26-,30-27-,36-34-,38-35-,41-39-,43-40-,48-45-,50-47-,52-49-,57-54-,59-56-. The number of hydrogen-bond acceptors (Lipinski definition) is 6. The third-order valence-corrected chi connectivity index (χ3v) is 12.0. The zero-order valence-electron chi connectivity index (χ0n) is 50.9. The third kappa shape index (κ3) is 64.4. The Labute approximate surface area is 495 Å². The molecule has 6 heteroatoms. The number of allylic oxidation sites excluding steroid dienone is 36. The van der Waals surface area contributed by atoms with Crippen LogP contribution in [0.4, 0.5) is 0 Å². The van der Waals surface area contributed by atoms with E-state index in [1.54, 1.807) is 0 Å². The van der Waals surface area contributed by atoms with Gasteiger partial charge in [0.1, 0.15) is 13.2 Å². The molecular weight excluding hydrogens is 997 g/mol. The molecule has 0 aliphatic rings. The Morgan fingerprint density at radius 2 is 0.457 bits per heavy atom. The first-order valence-corrected chi connectivity index (χ1v) is 31.2. The highest BCUT2D eigenvalue weighted by Gasteiger charge is 2.19. The summed E-state index contributed by atoms with van der Waals surface area (Å²) in [6, 6.07) is 0. The molecule has 446 valence electrons. The van der Waals surface area contributed by atoms with Gasteiger partial charge in [-0.3, -0.25) is 14.4 Å². The third-order valence-electron chi connectivity index (χ3n) is 12.0. The van der Waals surface area contributed by atoms with Crippen LogP contribution in [0.5, 0.6) is 0 Å². The van der Waals surface area contributed by atoms with Crippen LogP contribution in [0.25, 0.3) is 0 Å². The van der Waals surface area contributed by atoms with Crippen molar-refractivity contribution < 1.29 is 28.6 Å². The highest BCUT2D eigenvalue weighted by Crippen LogP contribution is 2.10. The molecule has 0 saturated carbocycles. The van der Waals surface area contributed by atoms with Gasteiger partial charge in [-0.25, -0.2) is 0 Å². The highest BCUT2D eigenvalue weighted by atomic mass is 16.6. The van der Waals surface area contributed by atoms with Crippen LogP contribution >= 0.6 is 0 Å². The van der Waals surface area contributed by atoms with E-state index >= 15 is 0 Å². The molecule has 0 spiro atoms. The predicted octanol–water partition coefficient (Wildman–Crippen LogP) is 21.8. The fraction of sp³-hybridized carbons (Fsp3) is 0.480. The van der Waals surface area contributed by atoms with Crippen LogP contribution in [0.2, 0.25) is 0 Å². The molecule has 0 aromatic heterocycles. The summed E-state index contributed by atoms with van der Waals surface area (Å²) in [5, 5.41) is 0. The summed E-state index contributed by atoms with van der Waals surface area (Å²) in [6.45, 7) is 6.16. The van der Waals surface area contributed by atoms with Crippen LogP contribution in [0.15, 0.2) is 219 Å². The van der Waals surface area contributed by atoms with Crippen molar-refractivity contribution in [2.75, 3.05) is 13.2 Å². The number of carbonyl (C=O) groups excluding carboxylic acids is 3. The van der Waals surface area contributed by atoms with Gasteiger partial charge in [-0.15, -0.1) is 0 Å².